The standard InChI is InChI=1S/C25H25NO5/c1-29-21-12-14-22(15-13-21)30-18-25(28)31-17-24(27)26-23(20-10-6-3-7-11-20)16-19-8-4-2-5-9-19/h2-15,23H,16-18H2,1H3,(H,26,27)/t23-/m1/s1. The average Bonchev–Trinajstić information content (AvgIpc) is 2.82. The molecule has 0 heterocycles. The molecular weight excluding hydrogens is 394 g/mol. The summed E-state index contributed by atoms with van der Waals surface area (Å²) < 4.78 is 15.5. The molecule has 0 aliphatic carbocycles. The van der Waals surface area contributed by atoms with E-state index in [-0.39, 0.29) is 25.2 Å². The fourth-order valence-corrected chi connectivity index (χ4v) is 3.03. The molecule has 0 bridgehead atoms. The zero-order valence-electron chi connectivity index (χ0n) is 17.3. The second-order valence-corrected chi connectivity index (χ2v) is 6.85. The summed E-state index contributed by atoms with van der Waals surface area (Å²) in [7, 11) is 1.57. The summed E-state index contributed by atoms with van der Waals surface area (Å²) in [5, 5.41) is 2.95. The summed E-state index contributed by atoms with van der Waals surface area (Å²) in [6.07, 6.45) is 0.630. The fraction of sp³-hybridized carbons (Fsp3) is 0.200. The van der Waals surface area contributed by atoms with E-state index in [0.29, 0.717) is 17.9 Å². The third-order valence-corrected chi connectivity index (χ3v) is 4.60. The molecular formula is C25H25NO5. The molecule has 3 rings (SSSR count). The van der Waals surface area contributed by atoms with E-state index in [2.05, 4.69) is 5.32 Å². The molecule has 0 saturated heterocycles. The molecule has 0 aromatic heterocycles. The van der Waals surface area contributed by atoms with Crippen LogP contribution in [-0.4, -0.2) is 32.2 Å². The maximum atomic E-state index is 12.4. The van der Waals surface area contributed by atoms with Gasteiger partial charge >= 0.3 is 5.97 Å². The SMILES string of the molecule is COc1ccc(OCC(=O)OCC(=O)N[C@H](Cc2ccccc2)c2ccccc2)cc1. The first kappa shape index (κ1) is 21.9. The Hall–Kier alpha value is -3.80. The Morgan fingerprint density at radius 3 is 2.06 bits per heavy atom. The number of nitrogens with one attached hydrogen (secondary N) is 1. The maximum Gasteiger partial charge on any atom is 0.344 e. The molecule has 6 nitrogen and oxygen atoms in total. The molecule has 31 heavy (non-hydrogen) atoms. The Morgan fingerprint density at radius 2 is 1.42 bits per heavy atom. The van der Waals surface area contributed by atoms with Crippen LogP contribution in [0.25, 0.3) is 0 Å². The lowest BCUT2D eigenvalue weighted by atomic mass is 9.99. The molecule has 1 amide bonds. The van der Waals surface area contributed by atoms with Gasteiger partial charge in [0.25, 0.3) is 5.91 Å². The minimum atomic E-state index is -0.620. The monoisotopic (exact) mass is 419 g/mol. The topological polar surface area (TPSA) is 73.9 Å². The molecule has 0 radical (unpaired) electrons. The van der Waals surface area contributed by atoms with Gasteiger partial charge in [0.2, 0.25) is 0 Å². The van der Waals surface area contributed by atoms with E-state index in [0.717, 1.165) is 11.1 Å². The Bertz CT molecular complexity index is 958. The maximum absolute atomic E-state index is 12.4. The van der Waals surface area contributed by atoms with E-state index >= 15 is 0 Å². The summed E-state index contributed by atoms with van der Waals surface area (Å²) in [4.78, 5) is 24.4. The van der Waals surface area contributed by atoms with Crippen LogP contribution in [0.4, 0.5) is 0 Å². The summed E-state index contributed by atoms with van der Waals surface area (Å²) in [5.41, 5.74) is 2.08. The van der Waals surface area contributed by atoms with Crippen LogP contribution in [0, 0.1) is 0 Å². The average molecular weight is 419 g/mol. The van der Waals surface area contributed by atoms with E-state index < -0.39 is 5.97 Å². The predicted octanol–water partition coefficient (Wildman–Crippen LogP) is 3.72. The Balaban J connectivity index is 1.49. The molecule has 0 spiro atoms. The van der Waals surface area contributed by atoms with Crippen molar-refractivity contribution in [3.8, 4) is 11.5 Å². The highest BCUT2D eigenvalue weighted by Gasteiger charge is 2.16. The zero-order valence-corrected chi connectivity index (χ0v) is 17.3. The summed E-state index contributed by atoms with van der Waals surface area (Å²) in [5.74, 6) is 0.206. The van der Waals surface area contributed by atoms with Gasteiger partial charge in [-0.3, -0.25) is 4.79 Å². The van der Waals surface area contributed by atoms with Crippen LogP contribution in [0.15, 0.2) is 84.9 Å². The minimum absolute atomic E-state index is 0.231. The molecule has 3 aromatic rings. The van der Waals surface area contributed by atoms with Gasteiger partial charge in [-0.25, -0.2) is 4.79 Å². The van der Waals surface area contributed by atoms with Crippen molar-refractivity contribution >= 4 is 11.9 Å². The Kier molecular flexibility index (Phi) is 8.05. The van der Waals surface area contributed by atoms with E-state index in [4.69, 9.17) is 14.2 Å². The van der Waals surface area contributed by atoms with Gasteiger partial charge in [-0.1, -0.05) is 60.7 Å². The van der Waals surface area contributed by atoms with E-state index in [1.54, 1.807) is 31.4 Å². The van der Waals surface area contributed by atoms with Gasteiger partial charge in [-0.2, -0.15) is 0 Å². The second kappa shape index (κ2) is 11.4. The van der Waals surface area contributed by atoms with Gasteiger partial charge in [0.15, 0.2) is 13.2 Å². The Labute approximate surface area is 181 Å². The third kappa shape index (κ3) is 7.19. The molecule has 0 aliphatic rings. The minimum Gasteiger partial charge on any atom is -0.497 e. The van der Waals surface area contributed by atoms with E-state index in [1.807, 2.05) is 60.7 Å². The predicted molar refractivity (Wildman–Crippen MR) is 117 cm³/mol. The highest BCUT2D eigenvalue weighted by atomic mass is 16.6. The lowest BCUT2D eigenvalue weighted by Gasteiger charge is -2.19. The number of rotatable bonds is 10. The quantitative estimate of drug-likeness (QED) is 0.507. The van der Waals surface area contributed by atoms with Gasteiger partial charge in [-0.15, -0.1) is 0 Å². The molecule has 0 saturated carbocycles. The van der Waals surface area contributed by atoms with Crippen LogP contribution in [0.2, 0.25) is 0 Å². The van der Waals surface area contributed by atoms with E-state index in [1.165, 1.54) is 0 Å². The van der Waals surface area contributed by atoms with Gasteiger partial charge in [-0.05, 0) is 41.8 Å². The van der Waals surface area contributed by atoms with E-state index in [9.17, 15) is 9.59 Å². The number of carbonyl (C=O) groups is 2. The zero-order chi connectivity index (χ0) is 21.9. The molecule has 1 N–H and O–H groups in total. The number of carbonyl (C=O) groups excluding carboxylic acids is 2. The number of ether oxygens (including phenoxy) is 3. The van der Waals surface area contributed by atoms with Crippen LogP contribution < -0.4 is 14.8 Å². The highest BCUT2D eigenvalue weighted by Crippen LogP contribution is 2.19. The smallest absolute Gasteiger partial charge is 0.344 e. The molecule has 6 heteroatoms. The van der Waals surface area contributed by atoms with Crippen LogP contribution in [0.5, 0.6) is 11.5 Å². The third-order valence-electron chi connectivity index (χ3n) is 4.60. The van der Waals surface area contributed by atoms with Crippen molar-refractivity contribution in [1.82, 2.24) is 5.32 Å². The molecule has 3 aromatic carbocycles. The largest absolute Gasteiger partial charge is 0.497 e. The van der Waals surface area contributed by atoms with Gasteiger partial charge in [0.05, 0.1) is 13.2 Å². The number of hydrogen-bond donors (Lipinski definition) is 1. The first-order chi connectivity index (χ1) is 15.1. The lowest BCUT2D eigenvalue weighted by molar-refractivity contribution is -0.150. The van der Waals surface area contributed by atoms with Gasteiger partial charge < -0.3 is 19.5 Å². The summed E-state index contributed by atoms with van der Waals surface area (Å²) in [6, 6.07) is 26.2. The van der Waals surface area contributed by atoms with Crippen molar-refractivity contribution in [3.05, 3.63) is 96.1 Å². The van der Waals surface area contributed by atoms with Gasteiger partial charge in [0.1, 0.15) is 11.5 Å². The first-order valence-corrected chi connectivity index (χ1v) is 9.95. The number of hydrogen-bond acceptors (Lipinski definition) is 5. The van der Waals surface area contributed by atoms with Gasteiger partial charge in [0, 0.05) is 0 Å². The Morgan fingerprint density at radius 1 is 0.806 bits per heavy atom. The normalized spacial score (nSPS) is 11.3. The molecule has 0 unspecified atom stereocenters. The fourth-order valence-electron chi connectivity index (χ4n) is 3.03. The second-order valence-electron chi connectivity index (χ2n) is 6.85. The van der Waals surface area contributed by atoms with Crippen LogP contribution in [-0.2, 0) is 20.7 Å². The number of methoxy groups -OCH3 is 1. The highest BCUT2D eigenvalue weighted by molar-refractivity contribution is 5.81. The lowest BCUT2D eigenvalue weighted by Crippen LogP contribution is -2.34. The van der Waals surface area contributed by atoms with Crippen molar-refractivity contribution in [2.45, 2.75) is 12.5 Å². The number of benzene rings is 3. The number of amides is 1. The molecule has 0 aliphatic heterocycles. The molecule has 0 fully saturated rings. The molecule has 1 atom stereocenters. The molecule has 160 valence electrons. The summed E-state index contributed by atoms with van der Waals surface area (Å²) in [6.45, 7) is -0.658. The first-order valence-electron chi connectivity index (χ1n) is 9.95. The number of esters is 1. The van der Waals surface area contributed by atoms with Crippen molar-refractivity contribution < 1.29 is 23.8 Å². The van der Waals surface area contributed by atoms with Crippen LogP contribution in [0.3, 0.4) is 0 Å². The van der Waals surface area contributed by atoms with Crippen molar-refractivity contribution in [2.24, 2.45) is 0 Å². The van der Waals surface area contributed by atoms with Crippen molar-refractivity contribution in [1.29, 1.82) is 0 Å². The summed E-state index contributed by atoms with van der Waals surface area (Å²) >= 11 is 0. The van der Waals surface area contributed by atoms with Crippen molar-refractivity contribution in [2.75, 3.05) is 20.3 Å². The van der Waals surface area contributed by atoms with Crippen LogP contribution >= 0.6 is 0 Å². The van der Waals surface area contributed by atoms with Crippen molar-refractivity contribution in [3.63, 3.8) is 0 Å². The van der Waals surface area contributed by atoms with Crippen LogP contribution in [0.1, 0.15) is 17.2 Å².